The van der Waals surface area contributed by atoms with Crippen LogP contribution in [0.1, 0.15) is 33.3 Å². The van der Waals surface area contributed by atoms with Crippen LogP contribution in [-0.4, -0.2) is 20.5 Å². The van der Waals surface area contributed by atoms with E-state index >= 15 is 0 Å². The summed E-state index contributed by atoms with van der Waals surface area (Å²) in [5.74, 6) is 0. The molecule has 32 heavy (non-hydrogen) atoms. The molecule has 5 heteroatoms. The molecule has 0 radical (unpaired) electrons. The highest BCUT2D eigenvalue weighted by Gasteiger charge is 2.53. The van der Waals surface area contributed by atoms with Crippen LogP contribution in [0.2, 0.25) is 11.1 Å². The molecule has 2 heterocycles. The minimum Gasteiger partial charge on any atom is -0.233 e. The van der Waals surface area contributed by atoms with Gasteiger partial charge < -0.3 is 0 Å². The number of rotatable bonds is 4. The highest BCUT2D eigenvalue weighted by Crippen LogP contribution is 2.45. The average Bonchev–Trinajstić information content (AvgIpc) is 3.25. The van der Waals surface area contributed by atoms with Gasteiger partial charge in [0.25, 0.3) is 10.0 Å². The van der Waals surface area contributed by atoms with Gasteiger partial charge in [0.1, 0.15) is 8.07 Å². The van der Waals surface area contributed by atoms with Crippen LogP contribution in [0, 0.1) is 6.92 Å². The summed E-state index contributed by atoms with van der Waals surface area (Å²) in [6, 6.07) is 23.8. The predicted octanol–water partition coefficient (Wildman–Crippen LogP) is 5.55. The zero-order valence-corrected chi connectivity index (χ0v) is 21.1. The Morgan fingerprint density at radius 2 is 1.38 bits per heavy atom. The number of fused-ring (bicyclic) bond motifs is 5. The summed E-state index contributed by atoms with van der Waals surface area (Å²) in [5, 5.41) is 3.74. The molecular weight excluding hydrogens is 430 g/mol. The summed E-state index contributed by atoms with van der Waals surface area (Å²) >= 11 is 0. The topological polar surface area (TPSA) is 39.1 Å². The molecule has 1 aliphatic rings. The van der Waals surface area contributed by atoms with E-state index in [0.29, 0.717) is 16.0 Å². The van der Waals surface area contributed by atoms with Gasteiger partial charge in [0.15, 0.2) is 0 Å². The first kappa shape index (κ1) is 21.2. The number of aromatic nitrogens is 1. The highest BCUT2D eigenvalue weighted by molar-refractivity contribution is 7.90. The number of hydrogen-bond donors (Lipinski definition) is 0. The normalized spacial score (nSPS) is 14.8. The Morgan fingerprint density at radius 1 is 0.781 bits per heavy atom. The fraction of sp³-hybridized carbons (Fsp3) is 0.259. The molecule has 0 saturated heterocycles. The number of benzene rings is 3. The summed E-state index contributed by atoms with van der Waals surface area (Å²) in [6.07, 6.45) is 0. The molecule has 3 aromatic carbocycles. The van der Waals surface area contributed by atoms with Gasteiger partial charge in [0.2, 0.25) is 0 Å². The third-order valence-corrected chi connectivity index (χ3v) is 15.3. The summed E-state index contributed by atoms with van der Waals surface area (Å²) in [6.45, 7) is 11.2. The van der Waals surface area contributed by atoms with E-state index in [0.717, 1.165) is 27.7 Å². The van der Waals surface area contributed by atoms with Gasteiger partial charge in [0, 0.05) is 5.39 Å². The maximum absolute atomic E-state index is 14.1. The molecule has 0 saturated carbocycles. The molecule has 0 amide bonds. The molecule has 0 bridgehead atoms. The van der Waals surface area contributed by atoms with Crippen molar-refractivity contribution in [1.29, 1.82) is 0 Å². The van der Waals surface area contributed by atoms with Crippen molar-refractivity contribution in [2.75, 3.05) is 0 Å². The number of hydrogen-bond acceptors (Lipinski definition) is 2. The van der Waals surface area contributed by atoms with Crippen LogP contribution in [0.5, 0.6) is 0 Å². The van der Waals surface area contributed by atoms with Crippen LogP contribution in [0.4, 0.5) is 0 Å². The number of nitrogens with zero attached hydrogens (tertiary/aromatic N) is 1. The van der Waals surface area contributed by atoms with E-state index in [4.69, 9.17) is 0 Å². The summed E-state index contributed by atoms with van der Waals surface area (Å²) in [5.41, 5.74) is 4.67. The second-order valence-electron chi connectivity index (χ2n) is 9.55. The van der Waals surface area contributed by atoms with Crippen LogP contribution in [0.15, 0.2) is 77.7 Å². The zero-order chi connectivity index (χ0) is 22.8. The van der Waals surface area contributed by atoms with Gasteiger partial charge in [-0.3, -0.25) is 0 Å². The monoisotopic (exact) mass is 459 g/mol. The van der Waals surface area contributed by atoms with E-state index in [1.54, 1.807) is 16.1 Å². The lowest BCUT2D eigenvalue weighted by molar-refractivity contribution is 0.589. The van der Waals surface area contributed by atoms with Crippen molar-refractivity contribution in [3.8, 4) is 11.3 Å². The molecule has 0 unspecified atom stereocenters. The van der Waals surface area contributed by atoms with E-state index < -0.39 is 18.1 Å². The van der Waals surface area contributed by atoms with E-state index in [-0.39, 0.29) is 0 Å². The SMILES string of the molecule is Cc1ccc(S(=O)(=O)n2c3c(c4ccccc42)[Si](C(C)C)(C(C)C)c2ccccc2-3)cc1. The van der Waals surface area contributed by atoms with Crippen LogP contribution >= 0.6 is 0 Å². The van der Waals surface area contributed by atoms with Gasteiger partial charge in [-0.05, 0) is 52.1 Å². The second kappa shape index (κ2) is 7.19. The fourth-order valence-corrected chi connectivity index (χ4v) is 13.9. The number of para-hydroxylation sites is 1. The molecular formula is C27H29NO2SSi. The van der Waals surface area contributed by atoms with E-state index in [1.807, 2.05) is 43.3 Å². The minimum atomic E-state index is -3.77. The fourth-order valence-electron chi connectivity index (χ4n) is 5.99. The van der Waals surface area contributed by atoms with Crippen LogP contribution in [0.3, 0.4) is 0 Å². The van der Waals surface area contributed by atoms with Gasteiger partial charge in [0.05, 0.1) is 16.1 Å². The lowest BCUT2D eigenvalue weighted by atomic mass is 10.1. The largest absolute Gasteiger partial charge is 0.268 e. The molecule has 0 aliphatic carbocycles. The van der Waals surface area contributed by atoms with Crippen molar-refractivity contribution in [2.24, 2.45) is 0 Å². The Balaban J connectivity index is 1.99. The van der Waals surface area contributed by atoms with Gasteiger partial charge >= 0.3 is 0 Å². The molecule has 0 fully saturated rings. The summed E-state index contributed by atoms with van der Waals surface area (Å²) in [4.78, 5) is 0.331. The van der Waals surface area contributed by atoms with Crippen molar-refractivity contribution in [2.45, 2.75) is 50.6 Å². The molecule has 0 atom stereocenters. The van der Waals surface area contributed by atoms with Gasteiger partial charge in [-0.25, -0.2) is 12.4 Å². The van der Waals surface area contributed by atoms with E-state index in [1.165, 1.54) is 10.4 Å². The molecule has 1 aliphatic heterocycles. The third-order valence-electron chi connectivity index (χ3n) is 7.25. The molecule has 4 aromatic rings. The van der Waals surface area contributed by atoms with Gasteiger partial charge in [-0.2, -0.15) is 0 Å². The molecule has 164 valence electrons. The minimum absolute atomic E-state index is 0.331. The Kier molecular flexibility index (Phi) is 4.77. The highest BCUT2D eigenvalue weighted by atomic mass is 32.2. The molecule has 1 aromatic heterocycles. The maximum atomic E-state index is 14.1. The van der Waals surface area contributed by atoms with Crippen LogP contribution < -0.4 is 10.4 Å². The Morgan fingerprint density at radius 3 is 2.03 bits per heavy atom. The average molecular weight is 460 g/mol. The summed E-state index contributed by atoms with van der Waals surface area (Å²) in [7, 11) is -6.02. The van der Waals surface area contributed by atoms with Crippen molar-refractivity contribution in [3.63, 3.8) is 0 Å². The van der Waals surface area contributed by atoms with Crippen LogP contribution in [0.25, 0.3) is 22.2 Å². The van der Waals surface area contributed by atoms with Crippen molar-refractivity contribution in [3.05, 3.63) is 78.4 Å². The van der Waals surface area contributed by atoms with Gasteiger partial charge in [-0.15, -0.1) is 0 Å². The standard InChI is InChI=1S/C27H29NO2SSi/c1-18(2)32(19(3)4)25-13-9-7-11-23(25)26-27(32)22-10-6-8-12-24(22)28(26)31(29,30)21-16-14-20(5)15-17-21/h6-19H,1-5H3. The first-order chi connectivity index (χ1) is 15.2. The van der Waals surface area contributed by atoms with E-state index in [2.05, 4.69) is 52.0 Å². The molecule has 0 spiro atoms. The molecule has 0 N–H and O–H groups in total. The lowest BCUT2D eigenvalue weighted by Gasteiger charge is -2.37. The Hall–Kier alpha value is -2.63. The smallest absolute Gasteiger partial charge is 0.233 e. The maximum Gasteiger partial charge on any atom is 0.268 e. The first-order valence-corrected chi connectivity index (χ1v) is 14.9. The predicted molar refractivity (Wildman–Crippen MR) is 136 cm³/mol. The summed E-state index contributed by atoms with van der Waals surface area (Å²) < 4.78 is 29.9. The lowest BCUT2D eigenvalue weighted by Crippen LogP contribution is -2.60. The third kappa shape index (κ3) is 2.61. The molecule has 3 nitrogen and oxygen atoms in total. The zero-order valence-electron chi connectivity index (χ0n) is 19.3. The van der Waals surface area contributed by atoms with Gasteiger partial charge in [-0.1, -0.05) is 87.9 Å². The van der Waals surface area contributed by atoms with Crippen molar-refractivity contribution in [1.82, 2.24) is 3.97 Å². The Bertz CT molecular complexity index is 1440. The first-order valence-electron chi connectivity index (χ1n) is 11.3. The number of aryl methyl sites for hydroxylation is 1. The van der Waals surface area contributed by atoms with E-state index in [9.17, 15) is 8.42 Å². The van der Waals surface area contributed by atoms with Crippen LogP contribution in [-0.2, 0) is 10.0 Å². The Labute approximate surface area is 191 Å². The second-order valence-corrected chi connectivity index (χ2v) is 16.4. The molecule has 5 rings (SSSR count). The van der Waals surface area contributed by atoms with Crippen molar-refractivity contribution < 1.29 is 8.42 Å². The quantitative estimate of drug-likeness (QED) is 0.375. The van der Waals surface area contributed by atoms with Crippen molar-refractivity contribution >= 4 is 39.4 Å².